The molecule has 3 aromatic rings. The van der Waals surface area contributed by atoms with Crippen molar-refractivity contribution >= 4 is 0 Å². The Morgan fingerprint density at radius 1 is 1.08 bits per heavy atom. The lowest BCUT2D eigenvalue weighted by Crippen LogP contribution is -2.33. The van der Waals surface area contributed by atoms with Gasteiger partial charge in [0.15, 0.2) is 0 Å². The van der Waals surface area contributed by atoms with E-state index in [9.17, 15) is 0 Å². The topological polar surface area (TPSA) is 57.7 Å². The Balaban J connectivity index is 1.42. The Bertz CT molecular complexity index is 761. The molecule has 1 saturated heterocycles. The molecule has 122 valence electrons. The molecule has 0 atom stereocenters. The van der Waals surface area contributed by atoms with Gasteiger partial charge in [-0.3, -0.25) is 4.90 Å². The average Bonchev–Trinajstić information content (AvgIpc) is 3.16. The molecule has 24 heavy (non-hydrogen) atoms. The number of rotatable bonds is 4. The van der Waals surface area contributed by atoms with Gasteiger partial charge in [0.1, 0.15) is 5.82 Å². The molecule has 1 fully saturated rings. The van der Waals surface area contributed by atoms with Crippen molar-refractivity contribution in [2.45, 2.75) is 25.3 Å². The van der Waals surface area contributed by atoms with Crippen LogP contribution in [0, 0.1) is 0 Å². The van der Waals surface area contributed by atoms with E-state index in [0.29, 0.717) is 5.92 Å². The van der Waals surface area contributed by atoms with Crippen molar-refractivity contribution in [1.82, 2.24) is 24.8 Å². The summed E-state index contributed by atoms with van der Waals surface area (Å²) in [5, 5.41) is 0. The van der Waals surface area contributed by atoms with Crippen LogP contribution in [0.5, 0.6) is 0 Å². The fourth-order valence-corrected chi connectivity index (χ4v) is 3.30. The maximum absolute atomic E-state index is 4.82. The molecule has 3 heterocycles. The Kier molecular flexibility index (Phi) is 4.34. The fourth-order valence-electron chi connectivity index (χ4n) is 3.30. The van der Waals surface area contributed by atoms with Gasteiger partial charge in [-0.2, -0.15) is 0 Å². The summed E-state index contributed by atoms with van der Waals surface area (Å²) in [6, 6.07) is 12.3. The van der Waals surface area contributed by atoms with Crippen LogP contribution in [0.3, 0.4) is 0 Å². The number of nitrogens with zero attached hydrogens (tertiary/aromatic N) is 4. The predicted octanol–water partition coefficient (Wildman–Crippen LogP) is 3.25. The Morgan fingerprint density at radius 3 is 2.67 bits per heavy atom. The SMILES string of the molecule is c1ccc(-c2ccnc(C3CCN(Cc4cnc[nH]4)CC3)n2)cc1. The summed E-state index contributed by atoms with van der Waals surface area (Å²) in [6.07, 6.45) is 7.74. The van der Waals surface area contributed by atoms with E-state index in [0.717, 1.165) is 49.6 Å². The van der Waals surface area contributed by atoms with Gasteiger partial charge >= 0.3 is 0 Å². The molecule has 1 N–H and O–H groups in total. The van der Waals surface area contributed by atoms with E-state index in [1.54, 1.807) is 6.33 Å². The average molecular weight is 319 g/mol. The summed E-state index contributed by atoms with van der Waals surface area (Å²) in [5.41, 5.74) is 3.34. The van der Waals surface area contributed by atoms with Crippen LogP contribution >= 0.6 is 0 Å². The van der Waals surface area contributed by atoms with Crippen LogP contribution in [0.15, 0.2) is 55.1 Å². The van der Waals surface area contributed by atoms with Crippen molar-refractivity contribution in [3.8, 4) is 11.3 Å². The van der Waals surface area contributed by atoms with Gasteiger partial charge in [-0.25, -0.2) is 15.0 Å². The standard InChI is InChI=1S/C19H21N5/c1-2-4-15(5-3-1)18-6-9-21-19(23-18)16-7-10-24(11-8-16)13-17-12-20-14-22-17/h1-6,9,12,14,16H,7-8,10-11,13H2,(H,20,22). The predicted molar refractivity (Wildman–Crippen MR) is 93.3 cm³/mol. The van der Waals surface area contributed by atoms with E-state index >= 15 is 0 Å². The highest BCUT2D eigenvalue weighted by Crippen LogP contribution is 2.27. The summed E-state index contributed by atoms with van der Waals surface area (Å²) in [7, 11) is 0. The lowest BCUT2D eigenvalue weighted by atomic mass is 9.95. The van der Waals surface area contributed by atoms with Gasteiger partial charge in [0.05, 0.1) is 12.0 Å². The van der Waals surface area contributed by atoms with Crippen LogP contribution < -0.4 is 0 Å². The number of likely N-dealkylation sites (tertiary alicyclic amines) is 1. The summed E-state index contributed by atoms with van der Waals surface area (Å²) in [5.74, 6) is 1.43. The maximum atomic E-state index is 4.82. The van der Waals surface area contributed by atoms with Gasteiger partial charge in [-0.1, -0.05) is 30.3 Å². The molecule has 2 aromatic heterocycles. The molecular formula is C19H21N5. The number of aromatic amines is 1. The van der Waals surface area contributed by atoms with Crippen LogP contribution in [0.4, 0.5) is 0 Å². The minimum absolute atomic E-state index is 0.451. The minimum Gasteiger partial charge on any atom is -0.347 e. The zero-order valence-electron chi connectivity index (χ0n) is 13.6. The number of benzene rings is 1. The van der Waals surface area contributed by atoms with Gasteiger partial charge in [-0.15, -0.1) is 0 Å². The number of hydrogen-bond acceptors (Lipinski definition) is 4. The summed E-state index contributed by atoms with van der Waals surface area (Å²) < 4.78 is 0. The number of imidazole rings is 1. The first-order chi connectivity index (χ1) is 11.9. The van der Waals surface area contributed by atoms with Crippen LogP contribution in [0.2, 0.25) is 0 Å². The Hall–Kier alpha value is -2.53. The van der Waals surface area contributed by atoms with Gasteiger partial charge in [0.25, 0.3) is 0 Å². The molecule has 0 aliphatic carbocycles. The van der Waals surface area contributed by atoms with Gasteiger partial charge in [0.2, 0.25) is 0 Å². The molecule has 0 saturated carbocycles. The van der Waals surface area contributed by atoms with E-state index in [2.05, 4.69) is 32.0 Å². The molecule has 0 radical (unpaired) electrons. The third-order valence-electron chi connectivity index (χ3n) is 4.65. The highest BCUT2D eigenvalue weighted by molar-refractivity contribution is 5.58. The van der Waals surface area contributed by atoms with E-state index in [1.807, 2.05) is 36.7 Å². The first kappa shape index (κ1) is 15.0. The maximum Gasteiger partial charge on any atom is 0.132 e. The zero-order chi connectivity index (χ0) is 16.2. The highest BCUT2D eigenvalue weighted by atomic mass is 15.1. The minimum atomic E-state index is 0.451. The number of aromatic nitrogens is 4. The van der Waals surface area contributed by atoms with E-state index in [-0.39, 0.29) is 0 Å². The smallest absolute Gasteiger partial charge is 0.132 e. The molecule has 5 heteroatoms. The molecule has 0 amide bonds. The lowest BCUT2D eigenvalue weighted by molar-refractivity contribution is 0.200. The Labute approximate surface area is 141 Å². The molecule has 1 aliphatic heterocycles. The largest absolute Gasteiger partial charge is 0.347 e. The monoisotopic (exact) mass is 319 g/mol. The first-order valence-corrected chi connectivity index (χ1v) is 8.46. The molecule has 5 nitrogen and oxygen atoms in total. The van der Waals surface area contributed by atoms with Crippen LogP contribution in [-0.4, -0.2) is 37.9 Å². The molecule has 4 rings (SSSR count). The van der Waals surface area contributed by atoms with Crippen LogP contribution in [0.25, 0.3) is 11.3 Å². The molecule has 1 aromatic carbocycles. The van der Waals surface area contributed by atoms with E-state index < -0.39 is 0 Å². The molecule has 0 spiro atoms. The number of hydrogen-bond donors (Lipinski definition) is 1. The zero-order valence-corrected chi connectivity index (χ0v) is 13.6. The van der Waals surface area contributed by atoms with Crippen molar-refractivity contribution < 1.29 is 0 Å². The number of piperidine rings is 1. The van der Waals surface area contributed by atoms with Crippen molar-refractivity contribution in [3.05, 3.63) is 66.6 Å². The summed E-state index contributed by atoms with van der Waals surface area (Å²) in [6.45, 7) is 3.09. The third-order valence-corrected chi connectivity index (χ3v) is 4.65. The molecule has 1 aliphatic rings. The van der Waals surface area contributed by atoms with Gasteiger partial charge in [0, 0.05) is 36.1 Å². The first-order valence-electron chi connectivity index (χ1n) is 8.46. The van der Waals surface area contributed by atoms with Gasteiger partial charge in [-0.05, 0) is 32.0 Å². The van der Waals surface area contributed by atoms with Crippen LogP contribution in [-0.2, 0) is 6.54 Å². The van der Waals surface area contributed by atoms with E-state index in [1.165, 1.54) is 5.69 Å². The normalized spacial score (nSPS) is 16.3. The quantitative estimate of drug-likeness (QED) is 0.802. The van der Waals surface area contributed by atoms with E-state index in [4.69, 9.17) is 4.98 Å². The molecular weight excluding hydrogens is 298 g/mol. The second-order valence-electron chi connectivity index (χ2n) is 6.29. The van der Waals surface area contributed by atoms with Crippen molar-refractivity contribution in [2.75, 3.05) is 13.1 Å². The van der Waals surface area contributed by atoms with Crippen molar-refractivity contribution in [2.24, 2.45) is 0 Å². The summed E-state index contributed by atoms with van der Waals surface area (Å²) >= 11 is 0. The molecule has 0 bridgehead atoms. The number of H-pyrrole nitrogens is 1. The van der Waals surface area contributed by atoms with Crippen molar-refractivity contribution in [3.63, 3.8) is 0 Å². The third kappa shape index (κ3) is 3.36. The second kappa shape index (κ2) is 6.93. The van der Waals surface area contributed by atoms with Crippen LogP contribution in [0.1, 0.15) is 30.3 Å². The summed E-state index contributed by atoms with van der Waals surface area (Å²) in [4.78, 5) is 19.1. The van der Waals surface area contributed by atoms with Gasteiger partial charge < -0.3 is 4.98 Å². The highest BCUT2D eigenvalue weighted by Gasteiger charge is 2.23. The Morgan fingerprint density at radius 2 is 1.92 bits per heavy atom. The van der Waals surface area contributed by atoms with Crippen molar-refractivity contribution in [1.29, 1.82) is 0 Å². The fraction of sp³-hybridized carbons (Fsp3) is 0.316. The second-order valence-corrected chi connectivity index (χ2v) is 6.29. The number of nitrogens with one attached hydrogen (secondary N) is 1. The lowest BCUT2D eigenvalue weighted by Gasteiger charge is -2.30. The molecule has 0 unspecified atom stereocenters.